The molecule has 0 spiro atoms. The van der Waals surface area contributed by atoms with Crippen LogP contribution in [0, 0.1) is 0 Å². The van der Waals surface area contributed by atoms with E-state index in [0.717, 1.165) is 12.8 Å². The van der Waals surface area contributed by atoms with Gasteiger partial charge in [0.05, 0.1) is 6.61 Å². The number of hydrogen-bond acceptors (Lipinski definition) is 3. The van der Waals surface area contributed by atoms with E-state index in [4.69, 9.17) is 9.84 Å². The van der Waals surface area contributed by atoms with Crippen molar-refractivity contribution in [2.75, 3.05) is 6.61 Å². The molecule has 0 aromatic heterocycles. The molecule has 0 aliphatic carbocycles. The van der Waals surface area contributed by atoms with E-state index in [2.05, 4.69) is 31.9 Å². The third-order valence-corrected chi connectivity index (χ3v) is 3.35. The molecule has 0 radical (unpaired) electrons. The Morgan fingerprint density at radius 2 is 1.94 bits per heavy atom. The van der Waals surface area contributed by atoms with E-state index in [1.807, 2.05) is 6.92 Å². The van der Waals surface area contributed by atoms with E-state index in [0.29, 0.717) is 19.4 Å². The molecule has 0 fully saturated rings. The molecule has 94 valence electrons. The van der Waals surface area contributed by atoms with Crippen molar-refractivity contribution in [1.82, 2.24) is 0 Å². The van der Waals surface area contributed by atoms with Crippen LogP contribution in [0.2, 0.25) is 0 Å². The van der Waals surface area contributed by atoms with Crippen molar-refractivity contribution in [3.63, 3.8) is 0 Å². The first-order valence-electron chi connectivity index (χ1n) is 5.17. The summed E-state index contributed by atoms with van der Waals surface area (Å²) < 4.78 is 4.07. The average molecular weight is 360 g/mol. The molecule has 0 rings (SSSR count). The summed E-state index contributed by atoms with van der Waals surface area (Å²) in [5, 5.41) is 8.48. The fourth-order valence-electron chi connectivity index (χ4n) is 0.978. The number of carboxylic acid groups (broad SMARTS) is 1. The molecule has 0 aromatic carbocycles. The van der Waals surface area contributed by atoms with Gasteiger partial charge in [-0.15, -0.1) is 0 Å². The fraction of sp³-hybridized carbons (Fsp3) is 0.800. The third kappa shape index (κ3) is 7.22. The maximum absolute atomic E-state index is 11.6. The summed E-state index contributed by atoms with van der Waals surface area (Å²) in [4.78, 5) is 21.9. The molecule has 0 aromatic rings. The first-order valence-corrected chi connectivity index (χ1v) is 6.75. The molecule has 6 heteroatoms. The monoisotopic (exact) mass is 358 g/mol. The number of hydrogen-bond donors (Lipinski definition) is 1. The Labute approximate surface area is 112 Å². The second kappa shape index (κ2) is 8.06. The number of carbonyl (C=O) groups excluding carboxylic acids is 1. The highest BCUT2D eigenvalue weighted by Crippen LogP contribution is 2.33. The van der Waals surface area contributed by atoms with E-state index in [-0.39, 0.29) is 6.42 Å². The van der Waals surface area contributed by atoms with Crippen molar-refractivity contribution in [2.24, 2.45) is 0 Å². The van der Waals surface area contributed by atoms with Gasteiger partial charge in [-0.25, -0.2) is 4.79 Å². The number of halogens is 2. The van der Waals surface area contributed by atoms with Gasteiger partial charge in [0.2, 0.25) is 0 Å². The van der Waals surface area contributed by atoms with Gasteiger partial charge in [-0.05, 0) is 19.3 Å². The number of ether oxygens (including phenoxy) is 1. The van der Waals surface area contributed by atoms with Crippen LogP contribution in [0.4, 0.5) is 0 Å². The van der Waals surface area contributed by atoms with E-state index in [1.165, 1.54) is 0 Å². The number of rotatable bonds is 8. The largest absolute Gasteiger partial charge is 0.481 e. The highest BCUT2D eigenvalue weighted by Gasteiger charge is 2.33. The standard InChI is InChI=1S/C10H16Br2O4/c1-2-3-7-16-9(15)10(11,12)6-4-5-8(13)14/h2-7H2,1H3,(H,13,14). The zero-order valence-electron chi connectivity index (χ0n) is 9.17. The first kappa shape index (κ1) is 15.9. The SMILES string of the molecule is CCCCOC(=O)C(Br)(Br)CCCC(=O)O. The molecular weight excluding hydrogens is 344 g/mol. The van der Waals surface area contributed by atoms with Crippen molar-refractivity contribution >= 4 is 43.8 Å². The van der Waals surface area contributed by atoms with Gasteiger partial charge in [-0.1, -0.05) is 45.2 Å². The molecule has 0 bridgehead atoms. The van der Waals surface area contributed by atoms with Gasteiger partial charge in [0, 0.05) is 6.42 Å². The zero-order valence-corrected chi connectivity index (χ0v) is 12.3. The molecule has 0 aliphatic rings. The summed E-state index contributed by atoms with van der Waals surface area (Å²) >= 11 is 6.40. The van der Waals surface area contributed by atoms with Gasteiger partial charge in [0.25, 0.3) is 0 Å². The Morgan fingerprint density at radius 1 is 1.31 bits per heavy atom. The van der Waals surface area contributed by atoms with Gasteiger partial charge < -0.3 is 9.84 Å². The molecule has 16 heavy (non-hydrogen) atoms. The minimum absolute atomic E-state index is 0.0428. The molecule has 0 saturated heterocycles. The molecule has 0 aliphatic heterocycles. The van der Waals surface area contributed by atoms with Crippen molar-refractivity contribution < 1.29 is 19.4 Å². The number of carboxylic acids is 1. The smallest absolute Gasteiger partial charge is 0.333 e. The molecule has 0 unspecified atom stereocenters. The van der Waals surface area contributed by atoms with E-state index < -0.39 is 15.2 Å². The number of unbranched alkanes of at least 4 members (excludes halogenated alkanes) is 1. The van der Waals surface area contributed by atoms with E-state index >= 15 is 0 Å². The molecular formula is C10H16Br2O4. The predicted molar refractivity (Wildman–Crippen MR) is 67.9 cm³/mol. The van der Waals surface area contributed by atoms with Gasteiger partial charge in [0.1, 0.15) is 0 Å². The van der Waals surface area contributed by atoms with Crippen LogP contribution in [0.1, 0.15) is 39.0 Å². The maximum atomic E-state index is 11.6. The lowest BCUT2D eigenvalue weighted by atomic mass is 10.2. The molecule has 0 amide bonds. The number of alkyl halides is 2. The van der Waals surface area contributed by atoms with Crippen LogP contribution in [0.5, 0.6) is 0 Å². The van der Waals surface area contributed by atoms with Gasteiger partial charge in [-0.2, -0.15) is 0 Å². The summed E-state index contributed by atoms with van der Waals surface area (Å²) in [6, 6.07) is 0. The molecule has 0 heterocycles. The van der Waals surface area contributed by atoms with Crippen LogP contribution in [0.15, 0.2) is 0 Å². The van der Waals surface area contributed by atoms with Crippen LogP contribution in [-0.4, -0.2) is 26.9 Å². The van der Waals surface area contributed by atoms with Crippen LogP contribution >= 0.6 is 31.9 Å². The molecule has 1 N–H and O–H groups in total. The lowest BCUT2D eigenvalue weighted by Crippen LogP contribution is -2.27. The zero-order chi connectivity index (χ0) is 12.6. The van der Waals surface area contributed by atoms with E-state index in [9.17, 15) is 9.59 Å². The summed E-state index contributed by atoms with van der Waals surface area (Å²) in [6.07, 6.45) is 2.63. The Hall–Kier alpha value is -0.100. The lowest BCUT2D eigenvalue weighted by molar-refractivity contribution is -0.144. The van der Waals surface area contributed by atoms with Gasteiger partial charge in [-0.3, -0.25) is 4.79 Å². The Bertz CT molecular complexity index is 241. The van der Waals surface area contributed by atoms with Gasteiger partial charge in [0.15, 0.2) is 3.23 Å². The fourth-order valence-corrected chi connectivity index (χ4v) is 1.77. The minimum Gasteiger partial charge on any atom is -0.481 e. The highest BCUT2D eigenvalue weighted by atomic mass is 79.9. The minimum atomic E-state index is -0.955. The van der Waals surface area contributed by atoms with Crippen LogP contribution < -0.4 is 0 Å². The number of carbonyl (C=O) groups is 2. The second-order valence-corrected chi connectivity index (χ2v) is 7.21. The normalized spacial score (nSPS) is 11.2. The van der Waals surface area contributed by atoms with Gasteiger partial charge >= 0.3 is 11.9 Å². The summed E-state index contributed by atoms with van der Waals surface area (Å²) in [5.74, 6) is -1.26. The number of aliphatic carboxylic acids is 1. The Balaban J connectivity index is 3.90. The Morgan fingerprint density at radius 3 is 2.44 bits per heavy atom. The second-order valence-electron chi connectivity index (χ2n) is 3.44. The average Bonchev–Trinajstić information content (AvgIpc) is 2.17. The van der Waals surface area contributed by atoms with Crippen LogP contribution in [-0.2, 0) is 14.3 Å². The van der Waals surface area contributed by atoms with E-state index in [1.54, 1.807) is 0 Å². The lowest BCUT2D eigenvalue weighted by Gasteiger charge is -2.18. The highest BCUT2D eigenvalue weighted by molar-refractivity contribution is 9.25. The summed E-state index contributed by atoms with van der Waals surface area (Å²) in [5.41, 5.74) is 0. The maximum Gasteiger partial charge on any atom is 0.333 e. The quantitative estimate of drug-likeness (QED) is 0.411. The third-order valence-electron chi connectivity index (χ3n) is 1.91. The van der Waals surface area contributed by atoms with Crippen LogP contribution in [0.3, 0.4) is 0 Å². The molecule has 0 atom stereocenters. The Kier molecular flexibility index (Phi) is 8.01. The van der Waals surface area contributed by atoms with Crippen LogP contribution in [0.25, 0.3) is 0 Å². The van der Waals surface area contributed by atoms with Crippen molar-refractivity contribution in [3.05, 3.63) is 0 Å². The summed E-state index contributed by atoms with van der Waals surface area (Å²) in [7, 11) is 0. The van der Waals surface area contributed by atoms with Crippen molar-refractivity contribution in [1.29, 1.82) is 0 Å². The summed E-state index contributed by atoms with van der Waals surface area (Å²) in [6.45, 7) is 2.41. The molecule has 0 saturated carbocycles. The topological polar surface area (TPSA) is 63.6 Å². The van der Waals surface area contributed by atoms with Crippen molar-refractivity contribution in [3.8, 4) is 0 Å². The predicted octanol–water partition coefficient (Wildman–Crippen LogP) is 3.07. The first-order chi connectivity index (χ1) is 7.40. The molecule has 4 nitrogen and oxygen atoms in total. The number of esters is 1. The van der Waals surface area contributed by atoms with Crippen molar-refractivity contribution in [2.45, 2.75) is 42.3 Å².